The number of nitrogens with one attached hydrogen (secondary N) is 1. The van der Waals surface area contributed by atoms with Crippen molar-refractivity contribution in [3.63, 3.8) is 0 Å². The molecule has 102 valence electrons. The SMILES string of the molecule is FC(F)(F)c1nc2ncnc-2cn1NC1CCCC1. The molecule has 0 aromatic carbocycles. The van der Waals surface area contributed by atoms with Crippen LogP contribution < -0.4 is 5.43 Å². The largest absolute Gasteiger partial charge is 0.451 e. The first-order valence-electron chi connectivity index (χ1n) is 6.08. The number of imidazole rings is 1. The monoisotopic (exact) mass is 271 g/mol. The average molecular weight is 271 g/mol. The molecule has 0 spiro atoms. The molecule has 0 amide bonds. The van der Waals surface area contributed by atoms with Crippen molar-refractivity contribution in [3.8, 4) is 11.5 Å². The summed E-state index contributed by atoms with van der Waals surface area (Å²) in [5.74, 6) is -0.982. The molecule has 0 radical (unpaired) electrons. The van der Waals surface area contributed by atoms with Crippen LogP contribution in [0.4, 0.5) is 13.2 Å². The van der Waals surface area contributed by atoms with Gasteiger partial charge in [-0.1, -0.05) is 12.8 Å². The second-order valence-electron chi connectivity index (χ2n) is 4.63. The van der Waals surface area contributed by atoms with Gasteiger partial charge in [-0.25, -0.2) is 19.6 Å². The fraction of sp³-hybridized carbons (Fsp3) is 0.545. The Balaban J connectivity index is 2.02. The van der Waals surface area contributed by atoms with Gasteiger partial charge in [0, 0.05) is 6.04 Å². The van der Waals surface area contributed by atoms with Crippen molar-refractivity contribution in [2.45, 2.75) is 37.9 Å². The smallest absolute Gasteiger partial charge is 0.321 e. The minimum atomic E-state index is -4.53. The lowest BCUT2D eigenvalue weighted by Crippen LogP contribution is -2.31. The summed E-state index contributed by atoms with van der Waals surface area (Å²) >= 11 is 0. The molecule has 8 heteroatoms. The molecule has 2 aliphatic heterocycles. The molecule has 5 nitrogen and oxygen atoms in total. The molecular formula is C11H12F3N5. The molecule has 0 saturated heterocycles. The van der Waals surface area contributed by atoms with Gasteiger partial charge < -0.3 is 5.43 Å². The Hall–Kier alpha value is -1.86. The maximum Gasteiger partial charge on any atom is 0.451 e. The third kappa shape index (κ3) is 2.34. The van der Waals surface area contributed by atoms with Crippen molar-refractivity contribution in [3.05, 3.63) is 18.3 Å². The Kier molecular flexibility index (Phi) is 2.79. The first-order valence-corrected chi connectivity index (χ1v) is 6.08. The molecule has 2 heterocycles. The molecule has 1 saturated carbocycles. The van der Waals surface area contributed by atoms with Gasteiger partial charge in [0.15, 0.2) is 5.82 Å². The normalized spacial score (nSPS) is 17.2. The van der Waals surface area contributed by atoms with Crippen LogP contribution in [0.15, 0.2) is 12.5 Å². The van der Waals surface area contributed by atoms with Gasteiger partial charge in [-0.3, -0.25) is 0 Å². The van der Waals surface area contributed by atoms with Gasteiger partial charge in [0.2, 0.25) is 5.82 Å². The van der Waals surface area contributed by atoms with E-state index in [2.05, 4.69) is 20.4 Å². The number of hydrogen-bond donors (Lipinski definition) is 1. The number of halogens is 3. The van der Waals surface area contributed by atoms with Crippen LogP contribution in [0.3, 0.4) is 0 Å². The summed E-state index contributed by atoms with van der Waals surface area (Å²) in [6.45, 7) is 0. The first-order chi connectivity index (χ1) is 9.04. The molecule has 0 unspecified atom stereocenters. The Morgan fingerprint density at radius 1 is 1.21 bits per heavy atom. The summed E-state index contributed by atoms with van der Waals surface area (Å²) in [6, 6.07) is 0.0493. The highest BCUT2D eigenvalue weighted by Crippen LogP contribution is 2.30. The quantitative estimate of drug-likeness (QED) is 0.910. The lowest BCUT2D eigenvalue weighted by molar-refractivity contribution is -0.147. The Morgan fingerprint density at radius 3 is 2.63 bits per heavy atom. The van der Waals surface area contributed by atoms with Crippen molar-refractivity contribution < 1.29 is 13.2 Å². The number of rotatable bonds is 2. The van der Waals surface area contributed by atoms with Gasteiger partial charge in [0.05, 0.1) is 6.20 Å². The van der Waals surface area contributed by atoms with E-state index in [-0.39, 0.29) is 11.9 Å². The molecule has 0 aromatic rings. The fourth-order valence-corrected chi connectivity index (χ4v) is 2.33. The van der Waals surface area contributed by atoms with Crippen LogP contribution in [0.2, 0.25) is 0 Å². The molecule has 1 fully saturated rings. The van der Waals surface area contributed by atoms with Gasteiger partial charge in [-0.2, -0.15) is 13.2 Å². The second-order valence-corrected chi connectivity index (χ2v) is 4.63. The summed E-state index contributed by atoms with van der Waals surface area (Å²) in [7, 11) is 0. The number of nitrogens with zero attached hydrogens (tertiary/aromatic N) is 4. The number of alkyl halides is 3. The van der Waals surface area contributed by atoms with Gasteiger partial charge in [-0.15, -0.1) is 0 Å². The highest BCUT2D eigenvalue weighted by atomic mass is 19.4. The van der Waals surface area contributed by atoms with E-state index in [0.29, 0.717) is 5.69 Å². The molecule has 1 aliphatic carbocycles. The summed E-state index contributed by atoms with van der Waals surface area (Å²) < 4.78 is 39.9. The van der Waals surface area contributed by atoms with Crippen molar-refractivity contribution in [2.75, 3.05) is 5.43 Å². The lowest BCUT2D eigenvalue weighted by atomic mass is 10.3. The van der Waals surface area contributed by atoms with Crippen molar-refractivity contribution >= 4 is 0 Å². The van der Waals surface area contributed by atoms with Gasteiger partial charge in [0.1, 0.15) is 12.0 Å². The minimum Gasteiger partial charge on any atom is -0.321 e. The predicted molar refractivity (Wildman–Crippen MR) is 61.1 cm³/mol. The van der Waals surface area contributed by atoms with Crippen LogP contribution in [0.25, 0.3) is 11.5 Å². The summed E-state index contributed by atoms with van der Waals surface area (Å²) in [6.07, 6.45) is 1.79. The van der Waals surface area contributed by atoms with E-state index in [0.717, 1.165) is 30.4 Å². The third-order valence-electron chi connectivity index (χ3n) is 3.23. The first kappa shape index (κ1) is 12.2. The number of aromatic nitrogens is 4. The van der Waals surface area contributed by atoms with Gasteiger partial charge in [0.25, 0.3) is 0 Å². The lowest BCUT2D eigenvalue weighted by Gasteiger charge is -2.21. The predicted octanol–water partition coefficient (Wildman–Crippen LogP) is 2.28. The maximum absolute atomic E-state index is 13.0. The van der Waals surface area contributed by atoms with Gasteiger partial charge >= 0.3 is 6.18 Å². The minimum absolute atomic E-state index is 0.0109. The highest BCUT2D eigenvalue weighted by molar-refractivity contribution is 5.49. The van der Waals surface area contributed by atoms with E-state index in [4.69, 9.17) is 0 Å². The van der Waals surface area contributed by atoms with E-state index in [1.807, 2.05) is 0 Å². The molecular weight excluding hydrogens is 259 g/mol. The van der Waals surface area contributed by atoms with Crippen LogP contribution >= 0.6 is 0 Å². The Morgan fingerprint density at radius 2 is 1.95 bits per heavy atom. The van der Waals surface area contributed by atoms with Crippen molar-refractivity contribution in [2.24, 2.45) is 0 Å². The highest BCUT2D eigenvalue weighted by Gasteiger charge is 2.38. The topological polar surface area (TPSA) is 55.6 Å². The van der Waals surface area contributed by atoms with Crippen LogP contribution in [0, 0.1) is 0 Å². The molecule has 0 bridgehead atoms. The fourth-order valence-electron chi connectivity index (χ4n) is 2.33. The van der Waals surface area contributed by atoms with E-state index in [1.54, 1.807) is 0 Å². The molecule has 3 aliphatic rings. The zero-order valence-electron chi connectivity index (χ0n) is 9.98. The number of fused-ring (bicyclic) bond motifs is 1. The standard InChI is InChI=1S/C11H12F3N5/c12-11(13,14)10-17-9-8(15-6-16-9)5-19(10)18-7-3-1-2-4-7/h5-7,18H,1-4H2. The van der Waals surface area contributed by atoms with Crippen molar-refractivity contribution in [1.82, 2.24) is 19.6 Å². The molecule has 0 atom stereocenters. The third-order valence-corrected chi connectivity index (χ3v) is 3.23. The van der Waals surface area contributed by atoms with E-state index >= 15 is 0 Å². The molecule has 0 aromatic heterocycles. The Bertz CT molecular complexity index is 544. The second kappa shape index (κ2) is 4.36. The average Bonchev–Trinajstić information content (AvgIpc) is 2.96. The van der Waals surface area contributed by atoms with E-state index in [9.17, 15) is 13.2 Å². The van der Waals surface area contributed by atoms with Gasteiger partial charge in [-0.05, 0) is 12.8 Å². The zero-order chi connectivity index (χ0) is 13.5. The maximum atomic E-state index is 13.0. The summed E-state index contributed by atoms with van der Waals surface area (Å²) in [4.78, 5) is 11.1. The van der Waals surface area contributed by atoms with Crippen LogP contribution in [-0.2, 0) is 6.18 Å². The van der Waals surface area contributed by atoms with Crippen molar-refractivity contribution in [1.29, 1.82) is 0 Å². The zero-order valence-corrected chi connectivity index (χ0v) is 9.98. The van der Waals surface area contributed by atoms with E-state index in [1.165, 1.54) is 12.5 Å². The summed E-state index contributed by atoms with van der Waals surface area (Å²) in [5.41, 5.74) is 3.21. The van der Waals surface area contributed by atoms with Crippen LogP contribution in [0.1, 0.15) is 31.5 Å². The summed E-state index contributed by atoms with van der Waals surface area (Å²) in [5, 5.41) is 0. The number of hydrogen-bond acceptors (Lipinski definition) is 4. The Labute approximate surface area is 107 Å². The van der Waals surface area contributed by atoms with E-state index < -0.39 is 12.0 Å². The van der Waals surface area contributed by atoms with Crippen LogP contribution in [-0.4, -0.2) is 25.7 Å². The van der Waals surface area contributed by atoms with Crippen LogP contribution in [0.5, 0.6) is 0 Å². The molecule has 1 N–H and O–H groups in total. The molecule has 3 rings (SSSR count). The molecule has 19 heavy (non-hydrogen) atoms.